The molecule has 0 bridgehead atoms. The third-order valence-electron chi connectivity index (χ3n) is 2.94. The Labute approximate surface area is 73.7 Å². The molecule has 2 N–H and O–H groups in total. The summed E-state index contributed by atoms with van der Waals surface area (Å²) in [5.41, 5.74) is 0. The lowest BCUT2D eigenvalue weighted by atomic mass is 10.1. The van der Waals surface area contributed by atoms with Gasteiger partial charge in [0.25, 0.3) is 0 Å². The fourth-order valence-corrected chi connectivity index (χ4v) is 2.19. The third kappa shape index (κ3) is 1.70. The van der Waals surface area contributed by atoms with Crippen LogP contribution in [0.5, 0.6) is 0 Å². The van der Waals surface area contributed by atoms with Crippen molar-refractivity contribution in [1.82, 2.24) is 5.32 Å². The fraction of sp³-hybridized carbons (Fsp3) is 0.800. The first kappa shape index (κ1) is 8.27. The Bertz CT molecular complexity index is 171. The standard InChI is InChI=1S/C10H17NO/c12-10-7-3-6-9(10)11-8-4-1-2-5-8/h1-2,8-12H,3-7H2/t9-,10-/m1/s1. The van der Waals surface area contributed by atoms with Gasteiger partial charge < -0.3 is 10.4 Å². The Balaban J connectivity index is 1.78. The van der Waals surface area contributed by atoms with Crippen molar-refractivity contribution in [3.05, 3.63) is 12.2 Å². The molecular formula is C10H17NO. The lowest BCUT2D eigenvalue weighted by molar-refractivity contribution is 0.143. The second-order valence-electron chi connectivity index (χ2n) is 3.91. The SMILES string of the molecule is O[C@@H]1CCC[C@H]1NC1CC=CC1. The van der Waals surface area contributed by atoms with Gasteiger partial charge in [0, 0.05) is 12.1 Å². The highest BCUT2D eigenvalue weighted by atomic mass is 16.3. The average molecular weight is 167 g/mol. The van der Waals surface area contributed by atoms with Crippen molar-refractivity contribution in [2.75, 3.05) is 0 Å². The molecule has 0 aromatic carbocycles. The van der Waals surface area contributed by atoms with E-state index in [4.69, 9.17) is 0 Å². The van der Waals surface area contributed by atoms with Crippen LogP contribution in [0, 0.1) is 0 Å². The van der Waals surface area contributed by atoms with E-state index in [1.165, 1.54) is 6.42 Å². The Morgan fingerprint density at radius 2 is 1.92 bits per heavy atom. The van der Waals surface area contributed by atoms with Crippen molar-refractivity contribution in [1.29, 1.82) is 0 Å². The minimum Gasteiger partial charge on any atom is -0.392 e. The molecule has 0 spiro atoms. The van der Waals surface area contributed by atoms with Gasteiger partial charge in [0.05, 0.1) is 6.10 Å². The van der Waals surface area contributed by atoms with Gasteiger partial charge in [-0.15, -0.1) is 0 Å². The van der Waals surface area contributed by atoms with Gasteiger partial charge in [0.15, 0.2) is 0 Å². The summed E-state index contributed by atoms with van der Waals surface area (Å²) in [6.45, 7) is 0. The van der Waals surface area contributed by atoms with E-state index in [1.807, 2.05) is 0 Å². The first-order valence-electron chi connectivity index (χ1n) is 4.95. The lowest BCUT2D eigenvalue weighted by Gasteiger charge is -2.21. The van der Waals surface area contributed by atoms with Gasteiger partial charge in [0.2, 0.25) is 0 Å². The van der Waals surface area contributed by atoms with Gasteiger partial charge >= 0.3 is 0 Å². The summed E-state index contributed by atoms with van der Waals surface area (Å²) in [4.78, 5) is 0. The first-order chi connectivity index (χ1) is 5.86. The lowest BCUT2D eigenvalue weighted by Crippen LogP contribution is -2.41. The summed E-state index contributed by atoms with van der Waals surface area (Å²) < 4.78 is 0. The zero-order valence-electron chi connectivity index (χ0n) is 7.37. The molecule has 2 atom stereocenters. The molecule has 0 amide bonds. The van der Waals surface area contributed by atoms with Crippen molar-refractivity contribution in [2.45, 2.75) is 50.3 Å². The van der Waals surface area contributed by atoms with Crippen LogP contribution in [0.1, 0.15) is 32.1 Å². The van der Waals surface area contributed by atoms with Crippen LogP contribution in [0.15, 0.2) is 12.2 Å². The maximum absolute atomic E-state index is 9.57. The smallest absolute Gasteiger partial charge is 0.0693 e. The van der Waals surface area contributed by atoms with E-state index in [0.717, 1.165) is 25.7 Å². The van der Waals surface area contributed by atoms with Crippen LogP contribution in [0.4, 0.5) is 0 Å². The van der Waals surface area contributed by atoms with E-state index >= 15 is 0 Å². The number of nitrogens with one attached hydrogen (secondary N) is 1. The van der Waals surface area contributed by atoms with Crippen molar-refractivity contribution in [2.24, 2.45) is 0 Å². The highest BCUT2D eigenvalue weighted by molar-refractivity contribution is 4.99. The molecule has 0 aliphatic heterocycles. The van der Waals surface area contributed by atoms with Crippen molar-refractivity contribution in [3.8, 4) is 0 Å². The number of hydrogen-bond donors (Lipinski definition) is 2. The molecule has 2 aliphatic rings. The summed E-state index contributed by atoms with van der Waals surface area (Å²) in [7, 11) is 0. The summed E-state index contributed by atoms with van der Waals surface area (Å²) in [5, 5.41) is 13.1. The number of aliphatic hydroxyl groups excluding tert-OH is 1. The van der Waals surface area contributed by atoms with Crippen LogP contribution < -0.4 is 5.32 Å². The zero-order valence-corrected chi connectivity index (χ0v) is 7.37. The summed E-state index contributed by atoms with van der Waals surface area (Å²) >= 11 is 0. The van der Waals surface area contributed by atoms with E-state index in [1.54, 1.807) is 0 Å². The summed E-state index contributed by atoms with van der Waals surface area (Å²) in [5.74, 6) is 0. The van der Waals surface area contributed by atoms with Crippen LogP contribution in [-0.2, 0) is 0 Å². The maximum atomic E-state index is 9.57. The number of rotatable bonds is 2. The van der Waals surface area contributed by atoms with E-state index < -0.39 is 0 Å². The second-order valence-corrected chi connectivity index (χ2v) is 3.91. The topological polar surface area (TPSA) is 32.3 Å². The van der Waals surface area contributed by atoms with Crippen LogP contribution in [0.2, 0.25) is 0 Å². The molecule has 0 saturated heterocycles. The molecular weight excluding hydrogens is 150 g/mol. The minimum atomic E-state index is -0.0920. The maximum Gasteiger partial charge on any atom is 0.0693 e. The van der Waals surface area contributed by atoms with Gasteiger partial charge in [-0.1, -0.05) is 12.2 Å². The Hall–Kier alpha value is -0.340. The predicted octanol–water partition coefficient (Wildman–Crippen LogP) is 1.21. The second kappa shape index (κ2) is 3.58. The minimum absolute atomic E-state index is 0.0920. The molecule has 0 heterocycles. The Morgan fingerprint density at radius 3 is 2.50 bits per heavy atom. The molecule has 1 saturated carbocycles. The van der Waals surface area contributed by atoms with Gasteiger partial charge in [-0.3, -0.25) is 0 Å². The molecule has 0 aromatic rings. The quantitative estimate of drug-likeness (QED) is 0.606. The number of hydrogen-bond acceptors (Lipinski definition) is 2. The van der Waals surface area contributed by atoms with E-state index in [-0.39, 0.29) is 6.10 Å². The van der Waals surface area contributed by atoms with Crippen LogP contribution in [0.25, 0.3) is 0 Å². The largest absolute Gasteiger partial charge is 0.392 e. The van der Waals surface area contributed by atoms with Crippen molar-refractivity contribution < 1.29 is 5.11 Å². The highest BCUT2D eigenvalue weighted by Crippen LogP contribution is 2.21. The van der Waals surface area contributed by atoms with Gasteiger partial charge in [-0.05, 0) is 32.1 Å². The van der Waals surface area contributed by atoms with E-state index in [0.29, 0.717) is 12.1 Å². The predicted molar refractivity (Wildman–Crippen MR) is 48.9 cm³/mol. The third-order valence-corrected chi connectivity index (χ3v) is 2.94. The highest BCUT2D eigenvalue weighted by Gasteiger charge is 2.27. The number of aliphatic hydroxyl groups is 1. The molecule has 0 radical (unpaired) electrons. The monoisotopic (exact) mass is 167 g/mol. The fourth-order valence-electron chi connectivity index (χ4n) is 2.19. The molecule has 2 aliphatic carbocycles. The molecule has 2 rings (SSSR count). The zero-order chi connectivity index (χ0) is 8.39. The van der Waals surface area contributed by atoms with Gasteiger partial charge in [0.1, 0.15) is 0 Å². The normalized spacial score (nSPS) is 36.4. The van der Waals surface area contributed by atoms with Crippen LogP contribution in [-0.4, -0.2) is 23.3 Å². The molecule has 0 aromatic heterocycles. The van der Waals surface area contributed by atoms with Crippen molar-refractivity contribution >= 4 is 0 Å². The van der Waals surface area contributed by atoms with E-state index in [9.17, 15) is 5.11 Å². The van der Waals surface area contributed by atoms with Crippen molar-refractivity contribution in [3.63, 3.8) is 0 Å². The first-order valence-corrected chi connectivity index (χ1v) is 4.95. The Morgan fingerprint density at radius 1 is 1.17 bits per heavy atom. The summed E-state index contributed by atoms with van der Waals surface area (Å²) in [6, 6.07) is 0.970. The molecule has 2 heteroatoms. The molecule has 68 valence electrons. The van der Waals surface area contributed by atoms with Crippen LogP contribution >= 0.6 is 0 Å². The average Bonchev–Trinajstić information content (AvgIpc) is 2.65. The molecule has 2 nitrogen and oxygen atoms in total. The molecule has 12 heavy (non-hydrogen) atoms. The Kier molecular flexibility index (Phi) is 2.47. The summed E-state index contributed by atoms with van der Waals surface area (Å²) in [6.07, 6.45) is 9.95. The molecule has 1 fully saturated rings. The molecule has 0 unspecified atom stereocenters. The van der Waals surface area contributed by atoms with Crippen LogP contribution in [0.3, 0.4) is 0 Å². The van der Waals surface area contributed by atoms with E-state index in [2.05, 4.69) is 17.5 Å². The van der Waals surface area contributed by atoms with Gasteiger partial charge in [-0.2, -0.15) is 0 Å². The van der Waals surface area contributed by atoms with Gasteiger partial charge in [-0.25, -0.2) is 0 Å².